The number of carboxylic acid groups (broad SMARTS) is 1. The van der Waals surface area contributed by atoms with Crippen LogP contribution in [0.5, 0.6) is 0 Å². The summed E-state index contributed by atoms with van der Waals surface area (Å²) in [5.41, 5.74) is -1.38. The van der Waals surface area contributed by atoms with Crippen LogP contribution in [0.15, 0.2) is 0 Å². The molecule has 1 aliphatic heterocycles. The van der Waals surface area contributed by atoms with E-state index in [4.69, 9.17) is 5.11 Å². The predicted octanol–water partition coefficient (Wildman–Crippen LogP) is 0.554. The minimum absolute atomic E-state index is 0.214. The first-order valence-corrected chi connectivity index (χ1v) is 4.91. The molecule has 1 heterocycles. The molecule has 0 aromatic heterocycles. The number of carboxylic acids is 1. The lowest BCUT2D eigenvalue weighted by Gasteiger charge is -2.26. The molecule has 2 N–H and O–H groups in total. The monoisotopic (exact) mass is 201 g/mol. The highest BCUT2D eigenvalue weighted by Gasteiger charge is 2.37. The Kier molecular flexibility index (Phi) is 2.88. The molecular formula is C10H19NO3. The molecule has 0 aliphatic carbocycles. The normalized spacial score (nSPS) is 26.0. The van der Waals surface area contributed by atoms with Gasteiger partial charge in [0.15, 0.2) is 5.60 Å². The molecule has 14 heavy (non-hydrogen) atoms. The van der Waals surface area contributed by atoms with E-state index in [0.717, 1.165) is 19.5 Å². The average Bonchev–Trinajstić information content (AvgIpc) is 2.28. The smallest absolute Gasteiger partial charge is 0.336 e. The first-order valence-electron chi connectivity index (χ1n) is 4.91. The zero-order chi connectivity index (χ0) is 11.0. The second-order valence-corrected chi connectivity index (χ2v) is 5.20. The van der Waals surface area contributed by atoms with E-state index in [1.807, 2.05) is 4.90 Å². The van der Waals surface area contributed by atoms with E-state index in [9.17, 15) is 9.90 Å². The van der Waals surface area contributed by atoms with Gasteiger partial charge in [0.2, 0.25) is 0 Å². The molecule has 0 spiro atoms. The number of aliphatic carboxylic acids is 1. The van der Waals surface area contributed by atoms with E-state index in [0.29, 0.717) is 0 Å². The maximum Gasteiger partial charge on any atom is 0.336 e. The Morgan fingerprint density at radius 2 is 2.14 bits per heavy atom. The van der Waals surface area contributed by atoms with Crippen LogP contribution in [0.25, 0.3) is 0 Å². The molecule has 1 saturated heterocycles. The quantitative estimate of drug-likeness (QED) is 0.700. The van der Waals surface area contributed by atoms with Crippen molar-refractivity contribution in [1.29, 1.82) is 0 Å². The molecule has 4 nitrogen and oxygen atoms in total. The Morgan fingerprint density at radius 3 is 2.50 bits per heavy atom. The minimum atomic E-state index is -1.62. The van der Waals surface area contributed by atoms with Gasteiger partial charge in [-0.1, -0.05) is 13.8 Å². The highest BCUT2D eigenvalue weighted by molar-refractivity contribution is 5.76. The fraction of sp³-hybridized carbons (Fsp3) is 0.900. The van der Waals surface area contributed by atoms with Gasteiger partial charge in [-0.25, -0.2) is 4.79 Å². The van der Waals surface area contributed by atoms with Crippen molar-refractivity contribution in [2.24, 2.45) is 5.41 Å². The number of β-amino-alcohol motifs (C(OH)–C–C–N with tert-alkyl or cyclic N) is 1. The third kappa shape index (κ3) is 2.69. The van der Waals surface area contributed by atoms with Crippen LogP contribution in [0.2, 0.25) is 0 Å². The number of hydrogen-bond donors (Lipinski definition) is 2. The van der Waals surface area contributed by atoms with Gasteiger partial charge >= 0.3 is 5.97 Å². The van der Waals surface area contributed by atoms with E-state index in [-0.39, 0.29) is 12.0 Å². The molecule has 1 atom stereocenters. The fourth-order valence-corrected chi connectivity index (χ4v) is 1.86. The number of aliphatic hydroxyl groups is 1. The van der Waals surface area contributed by atoms with Crippen LogP contribution in [0, 0.1) is 5.41 Å². The minimum Gasteiger partial charge on any atom is -0.479 e. The lowest BCUT2D eigenvalue weighted by molar-refractivity contribution is -0.158. The molecule has 1 aliphatic rings. The summed E-state index contributed by atoms with van der Waals surface area (Å²) < 4.78 is 0. The summed E-state index contributed by atoms with van der Waals surface area (Å²) in [6.45, 7) is 7.60. The number of likely N-dealkylation sites (tertiary alicyclic amines) is 1. The summed E-state index contributed by atoms with van der Waals surface area (Å²) in [6, 6.07) is 0. The van der Waals surface area contributed by atoms with Crippen LogP contribution in [0.1, 0.15) is 27.2 Å². The molecule has 1 rings (SSSR count). The van der Waals surface area contributed by atoms with Crippen LogP contribution >= 0.6 is 0 Å². The highest BCUT2D eigenvalue weighted by atomic mass is 16.4. The molecule has 0 bridgehead atoms. The first-order chi connectivity index (χ1) is 6.23. The van der Waals surface area contributed by atoms with Crippen LogP contribution in [-0.2, 0) is 4.79 Å². The second kappa shape index (κ2) is 3.51. The summed E-state index contributed by atoms with van der Waals surface area (Å²) in [7, 11) is 0. The Hall–Kier alpha value is -0.610. The summed E-state index contributed by atoms with van der Waals surface area (Å²) >= 11 is 0. The Bertz CT molecular complexity index is 236. The first kappa shape index (κ1) is 11.5. The maximum absolute atomic E-state index is 10.7. The van der Waals surface area contributed by atoms with Gasteiger partial charge in [-0.05, 0) is 25.3 Å². The van der Waals surface area contributed by atoms with E-state index in [1.165, 1.54) is 6.92 Å². The molecule has 0 amide bonds. The van der Waals surface area contributed by atoms with Gasteiger partial charge in [0, 0.05) is 13.1 Å². The number of carbonyl (C=O) groups is 1. The van der Waals surface area contributed by atoms with Crippen LogP contribution in [-0.4, -0.2) is 46.3 Å². The second-order valence-electron chi connectivity index (χ2n) is 5.20. The van der Waals surface area contributed by atoms with Gasteiger partial charge in [0.05, 0.1) is 0 Å². The van der Waals surface area contributed by atoms with Crippen molar-refractivity contribution in [2.45, 2.75) is 32.8 Å². The Labute approximate surface area is 84.5 Å². The standard InChI is InChI=1S/C10H19NO3/c1-9(2)4-5-11(6-9)7-10(3,14)8(12)13/h14H,4-7H2,1-3H3,(H,12,13). The van der Waals surface area contributed by atoms with E-state index < -0.39 is 11.6 Å². The lowest BCUT2D eigenvalue weighted by atomic mass is 9.93. The molecular weight excluding hydrogens is 182 g/mol. The molecule has 0 saturated carbocycles. The Morgan fingerprint density at radius 1 is 1.57 bits per heavy atom. The molecule has 1 unspecified atom stereocenters. The highest BCUT2D eigenvalue weighted by Crippen LogP contribution is 2.29. The van der Waals surface area contributed by atoms with E-state index in [2.05, 4.69) is 13.8 Å². The average molecular weight is 201 g/mol. The summed E-state index contributed by atoms with van der Waals surface area (Å²) in [5, 5.41) is 18.3. The molecule has 0 radical (unpaired) electrons. The number of rotatable bonds is 3. The molecule has 4 heteroatoms. The van der Waals surface area contributed by atoms with Crippen molar-refractivity contribution in [1.82, 2.24) is 4.90 Å². The van der Waals surface area contributed by atoms with E-state index in [1.54, 1.807) is 0 Å². The fourth-order valence-electron chi connectivity index (χ4n) is 1.86. The zero-order valence-electron chi connectivity index (χ0n) is 9.08. The van der Waals surface area contributed by atoms with Crippen molar-refractivity contribution in [3.8, 4) is 0 Å². The molecule has 0 aromatic rings. The van der Waals surface area contributed by atoms with Crippen molar-refractivity contribution >= 4 is 5.97 Å². The largest absolute Gasteiger partial charge is 0.479 e. The van der Waals surface area contributed by atoms with Crippen LogP contribution < -0.4 is 0 Å². The summed E-state index contributed by atoms with van der Waals surface area (Å²) in [5.74, 6) is -1.15. The third-order valence-electron chi connectivity index (χ3n) is 2.75. The van der Waals surface area contributed by atoms with Crippen LogP contribution in [0.4, 0.5) is 0 Å². The third-order valence-corrected chi connectivity index (χ3v) is 2.75. The molecule has 0 aromatic carbocycles. The SMILES string of the molecule is CC1(C)CCN(CC(C)(O)C(=O)O)C1. The number of nitrogens with zero attached hydrogens (tertiary/aromatic N) is 1. The van der Waals surface area contributed by atoms with Gasteiger partial charge in [0.1, 0.15) is 0 Å². The van der Waals surface area contributed by atoms with Crippen molar-refractivity contribution < 1.29 is 15.0 Å². The Balaban J connectivity index is 2.51. The summed E-state index contributed by atoms with van der Waals surface area (Å²) in [6.07, 6.45) is 1.06. The van der Waals surface area contributed by atoms with Crippen molar-refractivity contribution in [2.75, 3.05) is 19.6 Å². The topological polar surface area (TPSA) is 60.8 Å². The van der Waals surface area contributed by atoms with Gasteiger partial charge in [-0.2, -0.15) is 0 Å². The summed E-state index contributed by atoms with van der Waals surface area (Å²) in [4.78, 5) is 12.7. The van der Waals surface area contributed by atoms with E-state index >= 15 is 0 Å². The number of hydrogen-bond acceptors (Lipinski definition) is 3. The van der Waals surface area contributed by atoms with Gasteiger partial charge in [-0.15, -0.1) is 0 Å². The van der Waals surface area contributed by atoms with Gasteiger partial charge in [-0.3, -0.25) is 4.90 Å². The van der Waals surface area contributed by atoms with Gasteiger partial charge in [0.25, 0.3) is 0 Å². The zero-order valence-corrected chi connectivity index (χ0v) is 9.08. The molecule has 1 fully saturated rings. The van der Waals surface area contributed by atoms with Gasteiger partial charge < -0.3 is 10.2 Å². The maximum atomic E-state index is 10.7. The van der Waals surface area contributed by atoms with Crippen molar-refractivity contribution in [3.63, 3.8) is 0 Å². The van der Waals surface area contributed by atoms with Crippen molar-refractivity contribution in [3.05, 3.63) is 0 Å². The van der Waals surface area contributed by atoms with Crippen LogP contribution in [0.3, 0.4) is 0 Å². The lowest BCUT2D eigenvalue weighted by Crippen LogP contribution is -2.46. The molecule has 82 valence electrons. The predicted molar refractivity (Wildman–Crippen MR) is 53.1 cm³/mol.